The minimum atomic E-state index is -0.305. The topological polar surface area (TPSA) is 60.0 Å². The van der Waals surface area contributed by atoms with Crippen LogP contribution < -0.4 is 5.73 Å². The molecule has 0 aromatic heterocycles. The van der Waals surface area contributed by atoms with Crippen molar-refractivity contribution in [2.45, 2.75) is 32.1 Å². The summed E-state index contributed by atoms with van der Waals surface area (Å²) in [5.74, 6) is 0.424. The molecule has 0 unspecified atom stereocenters. The van der Waals surface area contributed by atoms with E-state index in [1.165, 1.54) is 29.6 Å². The second kappa shape index (κ2) is 11.4. The summed E-state index contributed by atoms with van der Waals surface area (Å²) in [6, 6.07) is 14.9. The SMILES string of the molecule is CCCCOCc1ccc(C=NN=C(N)SCc2ccccc2)cc1F. The standard InChI is InChI=1S/C20H24FN3OS/c1-2-3-11-25-14-18-10-9-17(12-19(18)21)13-23-24-20(22)26-15-16-7-5-4-6-8-16/h4-10,12-13H,2-3,11,14-15H2,1H3,(H2,22,24). The van der Waals surface area contributed by atoms with Crippen LogP contribution >= 0.6 is 11.8 Å². The van der Waals surface area contributed by atoms with Gasteiger partial charge < -0.3 is 10.5 Å². The molecule has 2 rings (SSSR count). The van der Waals surface area contributed by atoms with Gasteiger partial charge in [0.05, 0.1) is 12.8 Å². The first-order valence-electron chi connectivity index (χ1n) is 8.58. The Labute approximate surface area is 158 Å². The summed E-state index contributed by atoms with van der Waals surface area (Å²) in [5, 5.41) is 8.23. The predicted octanol–water partition coefficient (Wildman–Crippen LogP) is 4.72. The molecule has 26 heavy (non-hydrogen) atoms. The molecule has 0 aliphatic rings. The molecule has 2 aromatic rings. The summed E-state index contributed by atoms with van der Waals surface area (Å²) in [4.78, 5) is 0. The Morgan fingerprint density at radius 3 is 2.77 bits per heavy atom. The Hall–Kier alpha value is -2.18. The van der Waals surface area contributed by atoms with Gasteiger partial charge in [-0.2, -0.15) is 5.10 Å². The Morgan fingerprint density at radius 1 is 1.23 bits per heavy atom. The number of rotatable bonds is 9. The van der Waals surface area contributed by atoms with Crippen molar-refractivity contribution in [1.29, 1.82) is 0 Å². The number of benzene rings is 2. The number of amidine groups is 1. The van der Waals surface area contributed by atoms with Gasteiger partial charge in [-0.05, 0) is 23.6 Å². The van der Waals surface area contributed by atoms with Gasteiger partial charge in [-0.25, -0.2) is 4.39 Å². The fourth-order valence-corrected chi connectivity index (χ4v) is 2.71. The van der Waals surface area contributed by atoms with Crippen molar-refractivity contribution in [2.75, 3.05) is 6.61 Å². The molecule has 0 spiro atoms. The first-order valence-corrected chi connectivity index (χ1v) is 9.57. The Morgan fingerprint density at radius 2 is 2.04 bits per heavy atom. The van der Waals surface area contributed by atoms with Crippen LogP contribution in [0.1, 0.15) is 36.5 Å². The summed E-state index contributed by atoms with van der Waals surface area (Å²) < 4.78 is 19.5. The monoisotopic (exact) mass is 373 g/mol. The Kier molecular flexibility index (Phi) is 8.86. The van der Waals surface area contributed by atoms with Crippen molar-refractivity contribution in [3.8, 4) is 0 Å². The highest BCUT2D eigenvalue weighted by Gasteiger charge is 2.03. The van der Waals surface area contributed by atoms with E-state index in [4.69, 9.17) is 10.5 Å². The number of hydrogen-bond donors (Lipinski definition) is 1. The van der Waals surface area contributed by atoms with Crippen molar-refractivity contribution >= 4 is 23.1 Å². The van der Waals surface area contributed by atoms with Crippen molar-refractivity contribution < 1.29 is 9.13 Å². The quantitative estimate of drug-likeness (QED) is 0.299. The third kappa shape index (κ3) is 7.37. The number of ether oxygens (including phenoxy) is 1. The molecule has 0 radical (unpaired) electrons. The molecule has 0 aliphatic carbocycles. The molecule has 0 aliphatic heterocycles. The number of hydrogen-bond acceptors (Lipinski definition) is 4. The van der Waals surface area contributed by atoms with Crippen molar-refractivity contribution in [3.05, 3.63) is 71.0 Å². The normalized spacial score (nSPS) is 12.0. The van der Waals surface area contributed by atoms with E-state index in [9.17, 15) is 4.39 Å². The lowest BCUT2D eigenvalue weighted by Gasteiger charge is -2.05. The van der Waals surface area contributed by atoms with Gasteiger partial charge in [0.25, 0.3) is 0 Å². The zero-order valence-electron chi connectivity index (χ0n) is 14.9. The molecule has 0 saturated carbocycles. The largest absolute Gasteiger partial charge is 0.377 e. The van der Waals surface area contributed by atoms with Gasteiger partial charge in [-0.3, -0.25) is 0 Å². The minimum absolute atomic E-state index is 0.282. The fourth-order valence-electron chi connectivity index (χ4n) is 2.10. The van der Waals surface area contributed by atoms with Crippen LogP contribution in [0.3, 0.4) is 0 Å². The van der Waals surface area contributed by atoms with E-state index in [1.54, 1.807) is 12.1 Å². The molecule has 2 N–H and O–H groups in total. The van der Waals surface area contributed by atoms with E-state index in [1.807, 2.05) is 30.3 Å². The van der Waals surface area contributed by atoms with Gasteiger partial charge in [-0.1, -0.05) is 67.6 Å². The fraction of sp³-hybridized carbons (Fsp3) is 0.300. The third-order valence-electron chi connectivity index (χ3n) is 3.57. The average molecular weight is 373 g/mol. The maximum absolute atomic E-state index is 14.0. The molecule has 138 valence electrons. The molecular weight excluding hydrogens is 349 g/mol. The molecule has 4 nitrogen and oxygen atoms in total. The third-order valence-corrected chi connectivity index (χ3v) is 4.42. The highest BCUT2D eigenvalue weighted by atomic mass is 32.2. The molecule has 0 atom stereocenters. The van der Waals surface area contributed by atoms with E-state index in [0.29, 0.717) is 22.9 Å². The summed E-state index contributed by atoms with van der Waals surface area (Å²) in [6.45, 7) is 3.02. The molecular formula is C20H24FN3OS. The van der Waals surface area contributed by atoms with Gasteiger partial charge in [0.1, 0.15) is 5.82 Å². The van der Waals surface area contributed by atoms with E-state index >= 15 is 0 Å². The zero-order valence-corrected chi connectivity index (χ0v) is 15.7. The van der Waals surface area contributed by atoms with Gasteiger partial charge in [0, 0.05) is 17.9 Å². The number of unbranched alkanes of at least 4 members (excludes halogenated alkanes) is 1. The van der Waals surface area contributed by atoms with Crippen LogP contribution in [0.2, 0.25) is 0 Å². The van der Waals surface area contributed by atoms with Crippen LogP contribution in [0.4, 0.5) is 4.39 Å². The van der Waals surface area contributed by atoms with Crippen LogP contribution in [-0.4, -0.2) is 18.0 Å². The average Bonchev–Trinajstić information content (AvgIpc) is 2.66. The molecule has 6 heteroatoms. The summed E-state index contributed by atoms with van der Waals surface area (Å²) in [5.41, 5.74) is 8.16. The second-order valence-corrected chi connectivity index (χ2v) is 6.71. The van der Waals surface area contributed by atoms with E-state index in [0.717, 1.165) is 18.6 Å². The van der Waals surface area contributed by atoms with Gasteiger partial charge in [0.2, 0.25) is 0 Å². The van der Waals surface area contributed by atoms with Crippen LogP contribution in [0, 0.1) is 5.82 Å². The van der Waals surface area contributed by atoms with Crippen molar-refractivity contribution in [1.82, 2.24) is 0 Å². The van der Waals surface area contributed by atoms with Crippen LogP contribution in [0.5, 0.6) is 0 Å². The van der Waals surface area contributed by atoms with Gasteiger partial charge in [0.15, 0.2) is 5.17 Å². The molecule has 0 fully saturated rings. The van der Waals surface area contributed by atoms with E-state index in [2.05, 4.69) is 17.1 Å². The zero-order chi connectivity index (χ0) is 18.6. The molecule has 2 aromatic carbocycles. The smallest absolute Gasteiger partial charge is 0.180 e. The molecule has 0 saturated heterocycles. The number of halogens is 1. The summed E-state index contributed by atoms with van der Waals surface area (Å²) in [6.07, 6.45) is 3.53. The Bertz CT molecular complexity index is 735. The highest BCUT2D eigenvalue weighted by Crippen LogP contribution is 2.13. The van der Waals surface area contributed by atoms with E-state index in [-0.39, 0.29) is 12.4 Å². The lowest BCUT2D eigenvalue weighted by atomic mass is 10.1. The second-order valence-electron chi connectivity index (χ2n) is 5.71. The summed E-state index contributed by atoms with van der Waals surface area (Å²) in [7, 11) is 0. The van der Waals surface area contributed by atoms with Crippen molar-refractivity contribution in [3.63, 3.8) is 0 Å². The van der Waals surface area contributed by atoms with Crippen LogP contribution in [0.15, 0.2) is 58.7 Å². The maximum Gasteiger partial charge on any atom is 0.180 e. The van der Waals surface area contributed by atoms with Gasteiger partial charge in [-0.15, -0.1) is 5.10 Å². The summed E-state index contributed by atoms with van der Waals surface area (Å²) >= 11 is 1.41. The predicted molar refractivity (Wildman–Crippen MR) is 108 cm³/mol. The van der Waals surface area contributed by atoms with E-state index < -0.39 is 0 Å². The lowest BCUT2D eigenvalue weighted by molar-refractivity contribution is 0.116. The first kappa shape index (κ1) is 20.1. The molecule has 0 amide bonds. The number of thioether (sulfide) groups is 1. The minimum Gasteiger partial charge on any atom is -0.377 e. The number of nitrogens with zero attached hydrogens (tertiary/aromatic N) is 2. The maximum atomic E-state index is 14.0. The van der Waals surface area contributed by atoms with Crippen LogP contribution in [0.25, 0.3) is 0 Å². The molecule has 0 bridgehead atoms. The first-order chi connectivity index (χ1) is 12.7. The lowest BCUT2D eigenvalue weighted by Crippen LogP contribution is -2.06. The molecule has 0 heterocycles. The Balaban J connectivity index is 1.84. The van der Waals surface area contributed by atoms with Crippen LogP contribution in [-0.2, 0) is 17.1 Å². The number of nitrogens with two attached hydrogens (primary N) is 1. The van der Waals surface area contributed by atoms with Crippen molar-refractivity contribution in [2.24, 2.45) is 15.9 Å². The highest BCUT2D eigenvalue weighted by molar-refractivity contribution is 8.13. The van der Waals surface area contributed by atoms with Gasteiger partial charge >= 0.3 is 0 Å².